The van der Waals surface area contributed by atoms with Crippen molar-refractivity contribution < 1.29 is 4.79 Å². The number of nitrogens with two attached hydrogens (primary N) is 1. The van der Waals surface area contributed by atoms with Crippen LogP contribution in [0.15, 0.2) is 18.3 Å². The highest BCUT2D eigenvalue weighted by Gasteiger charge is 2.34. The van der Waals surface area contributed by atoms with Crippen LogP contribution in [-0.4, -0.2) is 27.9 Å². The highest BCUT2D eigenvalue weighted by Crippen LogP contribution is 2.28. The van der Waals surface area contributed by atoms with Gasteiger partial charge >= 0.3 is 0 Å². The van der Waals surface area contributed by atoms with Crippen LogP contribution >= 0.6 is 0 Å². The van der Waals surface area contributed by atoms with Gasteiger partial charge in [-0.2, -0.15) is 0 Å². The maximum Gasteiger partial charge on any atom is 0.275 e. The van der Waals surface area contributed by atoms with E-state index in [2.05, 4.69) is 18.8 Å². The molecule has 2 unspecified atom stereocenters. The molecule has 1 aromatic heterocycles. The molecule has 0 spiro atoms. The van der Waals surface area contributed by atoms with Gasteiger partial charge in [-0.25, -0.2) is 4.98 Å². The van der Waals surface area contributed by atoms with Crippen LogP contribution < -0.4 is 5.73 Å². The lowest BCUT2D eigenvalue weighted by atomic mass is 10.1. The van der Waals surface area contributed by atoms with Gasteiger partial charge in [0.25, 0.3) is 5.91 Å². The van der Waals surface area contributed by atoms with Crippen molar-refractivity contribution in [3.63, 3.8) is 0 Å². The molecular formula is C13H19N3O. The number of hydrogen-bond donors (Lipinski definition) is 1. The normalized spacial score (nSPS) is 24.0. The number of rotatable bonds is 2. The zero-order valence-corrected chi connectivity index (χ0v) is 10.4. The summed E-state index contributed by atoms with van der Waals surface area (Å²) < 4.78 is 0. The van der Waals surface area contributed by atoms with E-state index in [1.54, 1.807) is 18.3 Å². The third-order valence-corrected chi connectivity index (χ3v) is 3.53. The molecule has 2 atom stereocenters. The maximum absolute atomic E-state index is 12.4. The summed E-state index contributed by atoms with van der Waals surface area (Å²) >= 11 is 0. The summed E-state index contributed by atoms with van der Waals surface area (Å²) in [5.74, 6) is -0.0278. The summed E-state index contributed by atoms with van der Waals surface area (Å²) in [6.07, 6.45) is 4.75. The Morgan fingerprint density at radius 2 is 2.35 bits per heavy atom. The van der Waals surface area contributed by atoms with Crippen molar-refractivity contribution >= 4 is 11.6 Å². The van der Waals surface area contributed by atoms with E-state index in [1.165, 1.54) is 0 Å². The fourth-order valence-electron chi connectivity index (χ4n) is 2.56. The number of hydrogen-bond acceptors (Lipinski definition) is 3. The lowest BCUT2D eigenvalue weighted by Gasteiger charge is -2.27. The van der Waals surface area contributed by atoms with Gasteiger partial charge in [0.1, 0.15) is 0 Å². The Labute approximate surface area is 102 Å². The molecule has 92 valence electrons. The summed E-state index contributed by atoms with van der Waals surface area (Å²) in [6.45, 7) is 4.21. The van der Waals surface area contributed by atoms with Crippen LogP contribution in [0, 0.1) is 0 Å². The first-order valence-electron chi connectivity index (χ1n) is 6.18. The van der Waals surface area contributed by atoms with E-state index >= 15 is 0 Å². The predicted octanol–water partition coefficient (Wildman–Crippen LogP) is 2.07. The third-order valence-electron chi connectivity index (χ3n) is 3.53. The molecule has 0 bridgehead atoms. The van der Waals surface area contributed by atoms with Crippen molar-refractivity contribution in [2.45, 2.75) is 45.2 Å². The Kier molecular flexibility index (Phi) is 3.31. The van der Waals surface area contributed by atoms with E-state index < -0.39 is 0 Å². The molecule has 2 N–H and O–H groups in total. The summed E-state index contributed by atoms with van der Waals surface area (Å²) in [6, 6.07) is 4.09. The Hall–Kier alpha value is -1.58. The predicted molar refractivity (Wildman–Crippen MR) is 67.6 cm³/mol. The Morgan fingerprint density at radius 3 is 3.00 bits per heavy atom. The molecular weight excluding hydrogens is 214 g/mol. The smallest absolute Gasteiger partial charge is 0.275 e. The second-order valence-electron chi connectivity index (χ2n) is 4.64. The lowest BCUT2D eigenvalue weighted by molar-refractivity contribution is 0.0671. The van der Waals surface area contributed by atoms with Crippen LogP contribution in [0.2, 0.25) is 0 Å². The van der Waals surface area contributed by atoms with Gasteiger partial charge in [0, 0.05) is 18.3 Å². The molecule has 1 saturated heterocycles. The second kappa shape index (κ2) is 4.73. The van der Waals surface area contributed by atoms with Crippen LogP contribution in [0.1, 0.15) is 43.6 Å². The van der Waals surface area contributed by atoms with Gasteiger partial charge in [-0.15, -0.1) is 0 Å². The number of likely N-dealkylation sites (tertiary alicyclic amines) is 1. The minimum atomic E-state index is -0.0278. The van der Waals surface area contributed by atoms with Crippen molar-refractivity contribution in [3.8, 4) is 0 Å². The van der Waals surface area contributed by atoms with Gasteiger partial charge in [0.05, 0.1) is 5.69 Å². The molecule has 1 aromatic rings. The highest BCUT2D eigenvalue weighted by molar-refractivity contribution is 5.97. The quantitative estimate of drug-likeness (QED) is 0.850. The summed E-state index contributed by atoms with van der Waals surface area (Å²) in [4.78, 5) is 18.5. The molecule has 0 aliphatic carbocycles. The molecule has 4 nitrogen and oxygen atoms in total. The molecule has 4 heteroatoms. The van der Waals surface area contributed by atoms with E-state index in [0.717, 1.165) is 19.3 Å². The standard InChI is InChI=1S/C13H19N3O/c1-3-10-7-6-9(2)16(10)13(17)12-11(14)5-4-8-15-12/h4-5,8-10H,3,6-7,14H2,1-2H3. The molecule has 1 fully saturated rings. The molecule has 17 heavy (non-hydrogen) atoms. The van der Waals surface area contributed by atoms with Gasteiger partial charge in [-0.05, 0) is 38.3 Å². The highest BCUT2D eigenvalue weighted by atomic mass is 16.2. The number of carbonyl (C=O) groups excluding carboxylic acids is 1. The molecule has 0 radical (unpaired) electrons. The summed E-state index contributed by atoms with van der Waals surface area (Å²) in [5, 5.41) is 0. The Balaban J connectivity index is 2.28. The average Bonchev–Trinajstić information content (AvgIpc) is 2.70. The maximum atomic E-state index is 12.4. The first kappa shape index (κ1) is 11.9. The van der Waals surface area contributed by atoms with E-state index in [0.29, 0.717) is 17.4 Å². The molecule has 0 saturated carbocycles. The number of amides is 1. The van der Waals surface area contributed by atoms with Crippen LogP contribution in [0.5, 0.6) is 0 Å². The summed E-state index contributed by atoms with van der Waals surface area (Å²) in [5.41, 5.74) is 6.66. The minimum absolute atomic E-state index is 0.0278. The van der Waals surface area contributed by atoms with Crippen LogP contribution in [0.25, 0.3) is 0 Å². The largest absolute Gasteiger partial charge is 0.397 e. The van der Waals surface area contributed by atoms with E-state index in [4.69, 9.17) is 5.73 Å². The number of nitrogens with zero attached hydrogens (tertiary/aromatic N) is 2. The zero-order valence-electron chi connectivity index (χ0n) is 10.4. The lowest BCUT2D eigenvalue weighted by Crippen LogP contribution is -2.40. The van der Waals surface area contributed by atoms with Gasteiger partial charge in [0.15, 0.2) is 5.69 Å². The fourth-order valence-corrected chi connectivity index (χ4v) is 2.56. The van der Waals surface area contributed by atoms with Gasteiger partial charge in [-0.3, -0.25) is 4.79 Å². The SMILES string of the molecule is CCC1CCC(C)N1C(=O)c1ncccc1N. The Morgan fingerprint density at radius 1 is 1.59 bits per heavy atom. The van der Waals surface area contributed by atoms with Crippen molar-refractivity contribution in [2.24, 2.45) is 0 Å². The topological polar surface area (TPSA) is 59.2 Å². The summed E-state index contributed by atoms with van der Waals surface area (Å²) in [7, 11) is 0. The van der Waals surface area contributed by atoms with Crippen molar-refractivity contribution in [2.75, 3.05) is 5.73 Å². The number of pyridine rings is 1. The van der Waals surface area contributed by atoms with Gasteiger partial charge < -0.3 is 10.6 Å². The van der Waals surface area contributed by atoms with Crippen molar-refractivity contribution in [3.05, 3.63) is 24.0 Å². The molecule has 1 amide bonds. The van der Waals surface area contributed by atoms with Crippen molar-refractivity contribution in [1.82, 2.24) is 9.88 Å². The third kappa shape index (κ3) is 2.12. The number of anilines is 1. The first-order chi connectivity index (χ1) is 8.15. The van der Waals surface area contributed by atoms with E-state index in [1.807, 2.05) is 4.90 Å². The zero-order chi connectivity index (χ0) is 12.4. The fraction of sp³-hybridized carbons (Fsp3) is 0.538. The van der Waals surface area contributed by atoms with Crippen LogP contribution in [0.3, 0.4) is 0 Å². The van der Waals surface area contributed by atoms with Crippen molar-refractivity contribution in [1.29, 1.82) is 0 Å². The molecule has 0 aromatic carbocycles. The number of carbonyl (C=O) groups is 1. The number of nitrogen functional groups attached to an aromatic ring is 1. The van der Waals surface area contributed by atoms with Crippen LogP contribution in [0.4, 0.5) is 5.69 Å². The first-order valence-corrected chi connectivity index (χ1v) is 6.18. The molecule has 2 heterocycles. The van der Waals surface area contributed by atoms with Gasteiger partial charge in [-0.1, -0.05) is 6.92 Å². The molecule has 2 rings (SSSR count). The average molecular weight is 233 g/mol. The van der Waals surface area contributed by atoms with Gasteiger partial charge in [0.2, 0.25) is 0 Å². The molecule has 1 aliphatic rings. The minimum Gasteiger partial charge on any atom is -0.397 e. The Bertz CT molecular complexity index is 419. The van der Waals surface area contributed by atoms with E-state index in [-0.39, 0.29) is 11.9 Å². The molecule has 1 aliphatic heterocycles. The monoisotopic (exact) mass is 233 g/mol. The van der Waals surface area contributed by atoms with E-state index in [9.17, 15) is 4.79 Å². The second-order valence-corrected chi connectivity index (χ2v) is 4.64. The van der Waals surface area contributed by atoms with Crippen LogP contribution in [-0.2, 0) is 0 Å². The number of aromatic nitrogens is 1.